The van der Waals surface area contributed by atoms with E-state index in [4.69, 9.17) is 11.6 Å². The fourth-order valence-corrected chi connectivity index (χ4v) is 3.07. The maximum absolute atomic E-state index is 10.9. The van der Waals surface area contributed by atoms with Gasteiger partial charge in [-0.1, -0.05) is 18.5 Å². The number of hydrogen-bond acceptors (Lipinski definition) is 5. The number of phenolic OH excluding ortho intramolecular Hbond substituents is 1. The zero-order valence-corrected chi connectivity index (χ0v) is 12.6. The number of halogens is 1. The van der Waals surface area contributed by atoms with Crippen molar-refractivity contribution in [1.29, 1.82) is 0 Å². The molecule has 0 aromatic heterocycles. The second kappa shape index (κ2) is 6.17. The van der Waals surface area contributed by atoms with Crippen molar-refractivity contribution in [3.63, 3.8) is 0 Å². The van der Waals surface area contributed by atoms with Gasteiger partial charge in [0.2, 0.25) is 0 Å². The molecule has 0 amide bonds. The van der Waals surface area contributed by atoms with Crippen molar-refractivity contribution in [2.75, 3.05) is 19.7 Å². The van der Waals surface area contributed by atoms with E-state index in [0.717, 1.165) is 25.5 Å². The maximum Gasteiger partial charge on any atom is 0.312 e. The molecule has 7 heteroatoms. The first-order chi connectivity index (χ1) is 9.84. The molecule has 0 spiro atoms. The summed E-state index contributed by atoms with van der Waals surface area (Å²) in [5.74, 6) is -0.333. The summed E-state index contributed by atoms with van der Waals surface area (Å²) in [5, 5.41) is 30.6. The second-order valence-electron chi connectivity index (χ2n) is 5.97. The molecule has 1 unspecified atom stereocenters. The Morgan fingerprint density at radius 2 is 2.24 bits per heavy atom. The van der Waals surface area contributed by atoms with E-state index in [-0.39, 0.29) is 28.5 Å². The van der Waals surface area contributed by atoms with Gasteiger partial charge in [0.15, 0.2) is 5.75 Å². The van der Waals surface area contributed by atoms with Gasteiger partial charge < -0.3 is 10.2 Å². The van der Waals surface area contributed by atoms with E-state index in [1.165, 1.54) is 0 Å². The highest BCUT2D eigenvalue weighted by molar-refractivity contribution is 6.31. The van der Waals surface area contributed by atoms with Crippen molar-refractivity contribution < 1.29 is 15.1 Å². The number of nitrogens with zero attached hydrogens (tertiary/aromatic N) is 2. The SMILES string of the molecule is CC1(CO)CCCN(Cc2cc(Cl)cc([N+](=O)[O-])c2O)C1. The highest BCUT2D eigenvalue weighted by atomic mass is 35.5. The van der Waals surface area contributed by atoms with Crippen molar-refractivity contribution >= 4 is 17.3 Å². The number of aliphatic hydroxyl groups is 1. The van der Waals surface area contributed by atoms with Crippen molar-refractivity contribution in [1.82, 2.24) is 4.90 Å². The summed E-state index contributed by atoms with van der Waals surface area (Å²) in [5.41, 5.74) is -0.103. The van der Waals surface area contributed by atoms with Gasteiger partial charge in [-0.25, -0.2) is 0 Å². The monoisotopic (exact) mass is 314 g/mol. The molecular weight excluding hydrogens is 296 g/mol. The first-order valence-corrected chi connectivity index (χ1v) is 7.21. The predicted octanol–water partition coefficient (Wildman–Crippen LogP) is 2.55. The minimum atomic E-state index is -0.640. The molecule has 1 fully saturated rings. The number of piperidine rings is 1. The first-order valence-electron chi connectivity index (χ1n) is 6.84. The molecule has 0 aliphatic carbocycles. The lowest BCUT2D eigenvalue weighted by atomic mass is 9.82. The number of aromatic hydroxyl groups is 1. The average molecular weight is 315 g/mol. The molecule has 1 heterocycles. The van der Waals surface area contributed by atoms with Gasteiger partial charge in [-0.05, 0) is 25.5 Å². The van der Waals surface area contributed by atoms with Crippen LogP contribution in [0.2, 0.25) is 5.02 Å². The molecule has 1 atom stereocenters. The van der Waals surface area contributed by atoms with Gasteiger partial charge in [0.25, 0.3) is 0 Å². The van der Waals surface area contributed by atoms with Gasteiger partial charge in [-0.2, -0.15) is 0 Å². The quantitative estimate of drug-likeness (QED) is 0.659. The maximum atomic E-state index is 10.9. The van der Waals surface area contributed by atoms with Gasteiger partial charge in [0.1, 0.15) is 0 Å². The molecule has 1 saturated heterocycles. The number of nitro groups is 1. The normalized spacial score (nSPS) is 23.2. The molecule has 1 aliphatic rings. The minimum Gasteiger partial charge on any atom is -0.502 e. The molecular formula is C14H19ClN2O4. The number of benzene rings is 1. The van der Waals surface area contributed by atoms with Gasteiger partial charge in [-0.15, -0.1) is 0 Å². The average Bonchev–Trinajstić information content (AvgIpc) is 2.42. The van der Waals surface area contributed by atoms with Crippen LogP contribution in [-0.4, -0.2) is 39.7 Å². The third-order valence-corrected chi connectivity index (χ3v) is 4.18. The van der Waals surface area contributed by atoms with Crippen molar-refractivity contribution in [2.45, 2.75) is 26.3 Å². The lowest BCUT2D eigenvalue weighted by Crippen LogP contribution is -2.43. The summed E-state index contributed by atoms with van der Waals surface area (Å²) in [6.07, 6.45) is 1.89. The third-order valence-electron chi connectivity index (χ3n) is 3.97. The lowest BCUT2D eigenvalue weighted by molar-refractivity contribution is -0.385. The lowest BCUT2D eigenvalue weighted by Gasteiger charge is -2.39. The van der Waals surface area contributed by atoms with E-state index in [0.29, 0.717) is 18.7 Å². The van der Waals surface area contributed by atoms with Crippen LogP contribution in [0.4, 0.5) is 5.69 Å². The highest BCUT2D eigenvalue weighted by Gasteiger charge is 2.31. The van der Waals surface area contributed by atoms with Crippen LogP contribution in [-0.2, 0) is 6.54 Å². The molecule has 0 saturated carbocycles. The topological polar surface area (TPSA) is 86.8 Å². The number of phenols is 1. The minimum absolute atomic E-state index is 0.102. The largest absolute Gasteiger partial charge is 0.502 e. The van der Waals surface area contributed by atoms with Crippen LogP contribution in [0.1, 0.15) is 25.3 Å². The van der Waals surface area contributed by atoms with E-state index in [9.17, 15) is 20.3 Å². The van der Waals surface area contributed by atoms with Gasteiger partial charge in [0, 0.05) is 41.8 Å². The Morgan fingerprint density at radius 3 is 2.86 bits per heavy atom. The molecule has 2 rings (SSSR count). The van der Waals surface area contributed by atoms with Crippen LogP contribution in [0.3, 0.4) is 0 Å². The van der Waals surface area contributed by atoms with Gasteiger partial charge >= 0.3 is 5.69 Å². The number of likely N-dealkylation sites (tertiary alicyclic amines) is 1. The van der Waals surface area contributed by atoms with Crippen LogP contribution in [0.15, 0.2) is 12.1 Å². The van der Waals surface area contributed by atoms with Gasteiger partial charge in [0.05, 0.1) is 4.92 Å². The fraction of sp³-hybridized carbons (Fsp3) is 0.571. The number of aliphatic hydroxyl groups excluding tert-OH is 1. The summed E-state index contributed by atoms with van der Waals surface area (Å²) in [4.78, 5) is 12.3. The van der Waals surface area contributed by atoms with Crippen LogP contribution in [0, 0.1) is 15.5 Å². The summed E-state index contributed by atoms with van der Waals surface area (Å²) >= 11 is 5.89. The smallest absolute Gasteiger partial charge is 0.312 e. The van der Waals surface area contributed by atoms with E-state index in [1.54, 1.807) is 6.07 Å². The van der Waals surface area contributed by atoms with Crippen molar-refractivity contribution in [3.8, 4) is 5.75 Å². The van der Waals surface area contributed by atoms with Crippen LogP contribution < -0.4 is 0 Å². The third kappa shape index (κ3) is 3.64. The summed E-state index contributed by atoms with van der Waals surface area (Å²) in [6, 6.07) is 2.70. The molecule has 1 aliphatic heterocycles. The van der Waals surface area contributed by atoms with Gasteiger partial charge in [-0.3, -0.25) is 15.0 Å². The Labute approximate surface area is 128 Å². The molecule has 0 bridgehead atoms. The molecule has 116 valence electrons. The molecule has 1 aromatic rings. The van der Waals surface area contributed by atoms with E-state index >= 15 is 0 Å². The van der Waals surface area contributed by atoms with Crippen LogP contribution >= 0.6 is 11.6 Å². The van der Waals surface area contributed by atoms with Crippen LogP contribution in [0.25, 0.3) is 0 Å². The first kappa shape index (κ1) is 16.0. The Bertz CT molecular complexity index is 552. The Balaban J connectivity index is 2.21. The Kier molecular flexibility index (Phi) is 4.70. The van der Waals surface area contributed by atoms with Crippen LogP contribution in [0.5, 0.6) is 5.75 Å². The van der Waals surface area contributed by atoms with Crippen molar-refractivity contribution in [3.05, 3.63) is 32.8 Å². The predicted molar refractivity (Wildman–Crippen MR) is 79.5 cm³/mol. The van der Waals surface area contributed by atoms with Crippen molar-refractivity contribution in [2.24, 2.45) is 5.41 Å². The Morgan fingerprint density at radius 1 is 1.52 bits per heavy atom. The van der Waals surface area contributed by atoms with E-state index in [2.05, 4.69) is 4.90 Å². The second-order valence-corrected chi connectivity index (χ2v) is 6.41. The molecule has 0 radical (unpaired) electrons. The fourth-order valence-electron chi connectivity index (χ4n) is 2.83. The number of rotatable bonds is 4. The number of nitro benzene ring substituents is 1. The molecule has 2 N–H and O–H groups in total. The highest BCUT2D eigenvalue weighted by Crippen LogP contribution is 2.36. The number of hydrogen-bond donors (Lipinski definition) is 2. The molecule has 21 heavy (non-hydrogen) atoms. The zero-order chi connectivity index (χ0) is 15.6. The summed E-state index contributed by atoms with van der Waals surface area (Å²) < 4.78 is 0. The van der Waals surface area contributed by atoms with E-state index in [1.807, 2.05) is 6.92 Å². The Hall–Kier alpha value is -1.37. The van der Waals surface area contributed by atoms with E-state index < -0.39 is 4.92 Å². The molecule has 1 aromatic carbocycles. The summed E-state index contributed by atoms with van der Waals surface area (Å²) in [6.45, 7) is 4.01. The molecule has 6 nitrogen and oxygen atoms in total. The standard InChI is InChI=1S/C14H19ClN2O4/c1-14(9-18)3-2-4-16(8-14)7-10-5-11(15)6-12(13(10)19)17(20)21/h5-6,18-19H,2-4,7-9H2,1H3. The summed E-state index contributed by atoms with van der Waals surface area (Å²) in [7, 11) is 0. The zero-order valence-electron chi connectivity index (χ0n) is 11.9.